The van der Waals surface area contributed by atoms with Gasteiger partial charge in [-0.1, -0.05) is 12.5 Å². The Morgan fingerprint density at radius 3 is 2.31 bits per heavy atom. The second kappa shape index (κ2) is 8.83. The zero-order valence-corrected chi connectivity index (χ0v) is 18.8. The summed E-state index contributed by atoms with van der Waals surface area (Å²) in [7, 11) is 0. The van der Waals surface area contributed by atoms with Gasteiger partial charge in [-0.2, -0.15) is 0 Å². The van der Waals surface area contributed by atoms with Crippen LogP contribution in [0, 0.1) is 0 Å². The highest BCUT2D eigenvalue weighted by molar-refractivity contribution is 5.94. The van der Waals surface area contributed by atoms with Crippen LogP contribution in [0.5, 0.6) is 0 Å². The van der Waals surface area contributed by atoms with E-state index in [4.69, 9.17) is 10.7 Å². The fraction of sp³-hybridized carbons (Fsp3) is 0.625. The maximum atomic E-state index is 13.2. The van der Waals surface area contributed by atoms with Crippen LogP contribution in [0.1, 0.15) is 61.1 Å². The molecule has 0 bridgehead atoms. The summed E-state index contributed by atoms with van der Waals surface area (Å²) in [5, 5.41) is 0. The summed E-state index contributed by atoms with van der Waals surface area (Å²) in [6.45, 7) is 5.78. The molecule has 0 aromatic carbocycles. The fourth-order valence-electron chi connectivity index (χ4n) is 5.77. The third-order valence-corrected chi connectivity index (χ3v) is 7.70. The van der Waals surface area contributed by atoms with Crippen LogP contribution >= 0.6 is 0 Å². The molecule has 172 valence electrons. The number of rotatable bonds is 5. The van der Waals surface area contributed by atoms with Crippen LogP contribution in [0.4, 0.5) is 0 Å². The molecule has 0 atom stereocenters. The van der Waals surface area contributed by atoms with Crippen molar-refractivity contribution < 1.29 is 9.59 Å². The number of pyridine rings is 1. The summed E-state index contributed by atoms with van der Waals surface area (Å²) in [6, 6.07) is 5.89. The summed E-state index contributed by atoms with van der Waals surface area (Å²) >= 11 is 0. The predicted molar refractivity (Wildman–Crippen MR) is 122 cm³/mol. The number of likely N-dealkylation sites (tertiary alicyclic amines) is 3. The number of carbonyl (C=O) groups excluding carboxylic acids is 2. The fourth-order valence-corrected chi connectivity index (χ4v) is 5.77. The van der Waals surface area contributed by atoms with E-state index in [9.17, 15) is 9.59 Å². The largest absolute Gasteiger partial charge is 0.368 e. The zero-order chi connectivity index (χ0) is 22.1. The molecular formula is C24H34N6O2. The third kappa shape index (κ3) is 3.79. The number of nitrogens with zero attached hydrogens (tertiary/aromatic N) is 5. The normalized spacial score (nSPS) is 22.4. The monoisotopic (exact) mass is 438 g/mol. The summed E-state index contributed by atoms with van der Waals surface area (Å²) < 4.78 is 2.05. The van der Waals surface area contributed by atoms with Crippen molar-refractivity contribution in [3.63, 3.8) is 0 Å². The molecule has 5 rings (SSSR count). The second-order valence-corrected chi connectivity index (χ2v) is 9.55. The van der Waals surface area contributed by atoms with Crippen LogP contribution in [0.2, 0.25) is 0 Å². The Morgan fingerprint density at radius 2 is 1.62 bits per heavy atom. The van der Waals surface area contributed by atoms with Gasteiger partial charge < -0.3 is 15.0 Å². The first-order valence-electron chi connectivity index (χ1n) is 12.1. The standard InChI is InChI=1S/C24H34N6O2/c25-23(32)24(29-13-3-1-4-14-29)9-16-27(17-10-24)18-19-21(22(31)28-11-6-7-12-28)26-20-8-2-5-15-30(19)20/h2,5,8,15H,1,3-4,6-7,9-14,16-18H2,(H2,25,32). The quantitative estimate of drug-likeness (QED) is 0.770. The van der Waals surface area contributed by atoms with E-state index in [1.165, 1.54) is 6.42 Å². The lowest BCUT2D eigenvalue weighted by molar-refractivity contribution is -0.135. The molecule has 3 aliphatic rings. The molecule has 3 aliphatic heterocycles. The van der Waals surface area contributed by atoms with Crippen molar-refractivity contribution in [3.8, 4) is 0 Å². The van der Waals surface area contributed by atoms with E-state index < -0.39 is 5.54 Å². The molecule has 5 heterocycles. The van der Waals surface area contributed by atoms with Crippen LogP contribution < -0.4 is 5.73 Å². The average Bonchev–Trinajstić information content (AvgIpc) is 3.49. The van der Waals surface area contributed by atoms with Crippen LogP contribution in [-0.2, 0) is 11.3 Å². The Morgan fingerprint density at radius 1 is 0.938 bits per heavy atom. The maximum Gasteiger partial charge on any atom is 0.274 e. The molecule has 8 heteroatoms. The van der Waals surface area contributed by atoms with E-state index in [1.54, 1.807) is 0 Å². The van der Waals surface area contributed by atoms with Gasteiger partial charge in [-0.25, -0.2) is 4.98 Å². The molecule has 8 nitrogen and oxygen atoms in total. The molecule has 2 N–H and O–H groups in total. The topological polar surface area (TPSA) is 87.2 Å². The van der Waals surface area contributed by atoms with Crippen LogP contribution in [0.25, 0.3) is 5.65 Å². The van der Waals surface area contributed by atoms with Gasteiger partial charge in [0.25, 0.3) is 5.91 Å². The Bertz CT molecular complexity index is 982. The number of fused-ring (bicyclic) bond motifs is 1. The SMILES string of the molecule is NC(=O)C1(N2CCCCC2)CCN(Cc2c(C(=O)N3CCCC3)nc3ccccn23)CC1. The zero-order valence-electron chi connectivity index (χ0n) is 18.8. The van der Waals surface area contributed by atoms with E-state index >= 15 is 0 Å². The molecule has 0 radical (unpaired) electrons. The van der Waals surface area contributed by atoms with Gasteiger partial charge in [-0.05, 0) is 63.7 Å². The van der Waals surface area contributed by atoms with Gasteiger partial charge in [0.2, 0.25) is 5.91 Å². The van der Waals surface area contributed by atoms with Crippen molar-refractivity contribution in [3.05, 3.63) is 35.8 Å². The Hall–Kier alpha value is -2.45. The highest BCUT2D eigenvalue weighted by atomic mass is 16.2. The molecule has 3 fully saturated rings. The van der Waals surface area contributed by atoms with Crippen molar-refractivity contribution in [1.29, 1.82) is 0 Å². The first-order valence-corrected chi connectivity index (χ1v) is 12.1. The minimum atomic E-state index is -0.523. The summed E-state index contributed by atoms with van der Waals surface area (Å²) in [4.78, 5) is 37.1. The summed E-state index contributed by atoms with van der Waals surface area (Å²) in [5.41, 5.74) is 7.76. The van der Waals surface area contributed by atoms with Crippen molar-refractivity contribution in [2.75, 3.05) is 39.3 Å². The number of piperidine rings is 2. The number of nitrogens with two attached hydrogens (primary N) is 1. The summed E-state index contributed by atoms with van der Waals surface area (Å²) in [6.07, 6.45) is 9.12. The van der Waals surface area contributed by atoms with Crippen molar-refractivity contribution in [2.24, 2.45) is 5.73 Å². The molecule has 2 amide bonds. The van der Waals surface area contributed by atoms with Crippen molar-refractivity contribution in [1.82, 2.24) is 24.1 Å². The van der Waals surface area contributed by atoms with E-state index in [1.807, 2.05) is 33.7 Å². The number of amides is 2. The number of aromatic nitrogens is 2. The minimum Gasteiger partial charge on any atom is -0.368 e. The molecular weight excluding hydrogens is 404 g/mol. The molecule has 0 spiro atoms. The number of carbonyl (C=O) groups is 2. The smallest absolute Gasteiger partial charge is 0.274 e. The van der Waals surface area contributed by atoms with Crippen LogP contribution in [0.3, 0.4) is 0 Å². The third-order valence-electron chi connectivity index (χ3n) is 7.70. The molecule has 3 saturated heterocycles. The highest BCUT2D eigenvalue weighted by Crippen LogP contribution is 2.32. The van der Waals surface area contributed by atoms with Crippen LogP contribution in [-0.4, -0.2) is 80.7 Å². The number of imidazole rings is 1. The Balaban J connectivity index is 1.36. The van der Waals surface area contributed by atoms with Crippen molar-refractivity contribution >= 4 is 17.5 Å². The molecule has 2 aromatic rings. The summed E-state index contributed by atoms with van der Waals surface area (Å²) in [5.74, 6) is -0.142. The van der Waals surface area contributed by atoms with Crippen LogP contribution in [0.15, 0.2) is 24.4 Å². The lowest BCUT2D eigenvalue weighted by atomic mass is 9.83. The van der Waals surface area contributed by atoms with Gasteiger partial charge in [0.1, 0.15) is 11.2 Å². The number of primary amides is 1. The van der Waals surface area contributed by atoms with Crippen molar-refractivity contribution in [2.45, 2.75) is 57.0 Å². The van der Waals surface area contributed by atoms with E-state index in [0.717, 1.165) is 89.1 Å². The minimum absolute atomic E-state index is 0.0398. The molecule has 0 aliphatic carbocycles. The maximum absolute atomic E-state index is 13.2. The van der Waals surface area contributed by atoms with E-state index in [-0.39, 0.29) is 11.8 Å². The highest BCUT2D eigenvalue weighted by Gasteiger charge is 2.45. The first kappa shape index (κ1) is 21.4. The van der Waals surface area contributed by atoms with E-state index in [2.05, 4.69) is 9.80 Å². The predicted octanol–water partition coefficient (Wildman–Crippen LogP) is 1.88. The molecule has 0 saturated carbocycles. The lowest BCUT2D eigenvalue weighted by Gasteiger charge is -2.48. The van der Waals surface area contributed by atoms with Gasteiger partial charge in [0.05, 0.1) is 5.69 Å². The van der Waals surface area contributed by atoms with Gasteiger partial charge in [-0.3, -0.25) is 19.4 Å². The second-order valence-electron chi connectivity index (χ2n) is 9.55. The molecule has 0 unspecified atom stereocenters. The van der Waals surface area contributed by atoms with E-state index in [0.29, 0.717) is 12.2 Å². The Kier molecular flexibility index (Phi) is 5.90. The van der Waals surface area contributed by atoms with Gasteiger partial charge in [-0.15, -0.1) is 0 Å². The van der Waals surface area contributed by atoms with Gasteiger partial charge in [0, 0.05) is 38.9 Å². The Labute approximate surface area is 189 Å². The molecule has 32 heavy (non-hydrogen) atoms. The van der Waals surface area contributed by atoms with Gasteiger partial charge >= 0.3 is 0 Å². The number of hydrogen-bond acceptors (Lipinski definition) is 5. The molecule has 2 aromatic heterocycles. The first-order chi connectivity index (χ1) is 15.6. The lowest BCUT2D eigenvalue weighted by Crippen LogP contribution is -2.63. The average molecular weight is 439 g/mol. The van der Waals surface area contributed by atoms with Gasteiger partial charge in [0.15, 0.2) is 5.69 Å². The number of hydrogen-bond donors (Lipinski definition) is 1.